The van der Waals surface area contributed by atoms with Crippen molar-refractivity contribution in [1.29, 1.82) is 0 Å². The minimum atomic E-state index is 0.0897. The number of rotatable bonds is 4. The predicted molar refractivity (Wildman–Crippen MR) is 78.5 cm³/mol. The van der Waals surface area contributed by atoms with Gasteiger partial charge in [-0.2, -0.15) is 0 Å². The quantitative estimate of drug-likeness (QED) is 0.912. The number of aromatic nitrogens is 1. The molecule has 0 bridgehead atoms. The maximum atomic E-state index is 12.0. The van der Waals surface area contributed by atoms with E-state index in [-0.39, 0.29) is 5.56 Å². The van der Waals surface area contributed by atoms with Gasteiger partial charge >= 0.3 is 0 Å². The van der Waals surface area contributed by atoms with Crippen molar-refractivity contribution in [3.63, 3.8) is 0 Å². The summed E-state index contributed by atoms with van der Waals surface area (Å²) in [4.78, 5) is 12.0. The summed E-state index contributed by atoms with van der Waals surface area (Å²) in [5, 5.41) is 4.69. The maximum absolute atomic E-state index is 12.0. The van der Waals surface area contributed by atoms with Gasteiger partial charge in [0.25, 0.3) is 5.56 Å². The Morgan fingerprint density at radius 1 is 1.11 bits per heavy atom. The number of benzene rings is 1. The maximum Gasteiger partial charge on any atom is 0.251 e. The van der Waals surface area contributed by atoms with E-state index in [0.717, 1.165) is 24.0 Å². The molecule has 3 nitrogen and oxygen atoms in total. The molecule has 1 saturated carbocycles. The molecule has 3 rings (SSSR count). The predicted octanol–water partition coefficient (Wildman–Crippen LogP) is 2.53. The Labute approximate surface area is 113 Å². The Morgan fingerprint density at radius 2 is 1.89 bits per heavy atom. The fourth-order valence-corrected chi connectivity index (χ4v) is 2.99. The zero-order chi connectivity index (χ0) is 13.1. The molecule has 1 aliphatic carbocycles. The number of nitrogens with zero attached hydrogens (tertiary/aromatic N) is 1. The zero-order valence-corrected chi connectivity index (χ0v) is 11.1. The molecule has 0 spiro atoms. The largest absolute Gasteiger partial charge is 0.312 e. The Kier molecular flexibility index (Phi) is 3.65. The van der Waals surface area contributed by atoms with Crippen LogP contribution in [0.3, 0.4) is 0 Å². The second kappa shape index (κ2) is 5.57. The molecule has 0 amide bonds. The summed E-state index contributed by atoms with van der Waals surface area (Å²) in [5.74, 6) is 0. The summed E-state index contributed by atoms with van der Waals surface area (Å²) in [5.41, 5.74) is 1.12. The molecule has 1 N–H and O–H groups in total. The first-order chi connectivity index (χ1) is 9.34. The van der Waals surface area contributed by atoms with Crippen LogP contribution in [0.15, 0.2) is 41.2 Å². The molecule has 100 valence electrons. The molecule has 0 atom stereocenters. The first-order valence-corrected chi connectivity index (χ1v) is 7.16. The lowest BCUT2D eigenvalue weighted by molar-refractivity contribution is 0.497. The average molecular weight is 256 g/mol. The van der Waals surface area contributed by atoms with Gasteiger partial charge in [-0.15, -0.1) is 0 Å². The van der Waals surface area contributed by atoms with Crippen molar-refractivity contribution in [2.24, 2.45) is 0 Å². The average Bonchev–Trinajstić information content (AvgIpc) is 2.94. The molecule has 0 aliphatic heterocycles. The van der Waals surface area contributed by atoms with Crippen molar-refractivity contribution in [2.75, 3.05) is 6.54 Å². The van der Waals surface area contributed by atoms with Crippen LogP contribution in [0.4, 0.5) is 0 Å². The summed E-state index contributed by atoms with van der Waals surface area (Å²) in [6.45, 7) is 1.62. The van der Waals surface area contributed by atoms with Crippen LogP contribution in [0.2, 0.25) is 0 Å². The Bertz CT molecular complexity index is 611. The lowest BCUT2D eigenvalue weighted by Gasteiger charge is -2.14. The Hall–Kier alpha value is -1.61. The van der Waals surface area contributed by atoms with Crippen LogP contribution in [-0.4, -0.2) is 17.2 Å². The first-order valence-electron chi connectivity index (χ1n) is 7.16. The summed E-state index contributed by atoms with van der Waals surface area (Å²) in [7, 11) is 0. The second-order valence-corrected chi connectivity index (χ2v) is 5.32. The van der Waals surface area contributed by atoms with Crippen LogP contribution >= 0.6 is 0 Å². The summed E-state index contributed by atoms with van der Waals surface area (Å²) in [6, 6.07) is 12.3. The van der Waals surface area contributed by atoms with Crippen molar-refractivity contribution < 1.29 is 0 Å². The first kappa shape index (κ1) is 12.4. The molecule has 1 aromatic carbocycles. The van der Waals surface area contributed by atoms with Gasteiger partial charge in [-0.05, 0) is 30.4 Å². The van der Waals surface area contributed by atoms with Crippen molar-refractivity contribution in [2.45, 2.75) is 38.3 Å². The van der Waals surface area contributed by atoms with Crippen molar-refractivity contribution in [3.8, 4) is 0 Å². The van der Waals surface area contributed by atoms with Crippen LogP contribution < -0.4 is 10.9 Å². The van der Waals surface area contributed by atoms with Gasteiger partial charge in [0.2, 0.25) is 0 Å². The van der Waals surface area contributed by atoms with Gasteiger partial charge in [0.05, 0.1) is 5.52 Å². The minimum Gasteiger partial charge on any atom is -0.312 e. The molecule has 0 radical (unpaired) electrons. The molecular formula is C16H20N2O. The summed E-state index contributed by atoms with van der Waals surface area (Å²) >= 11 is 0. The molecule has 0 unspecified atom stereocenters. The molecule has 1 fully saturated rings. The molecule has 19 heavy (non-hydrogen) atoms. The standard InChI is InChI=1S/C16H20N2O/c19-16-10-9-13-5-1-4-8-15(13)18(16)12-11-17-14-6-2-3-7-14/h1,4-5,8-10,14,17H,2-3,6-7,11-12H2. The highest BCUT2D eigenvalue weighted by Crippen LogP contribution is 2.17. The molecule has 1 aliphatic rings. The molecule has 3 heteroatoms. The third-order valence-corrected chi connectivity index (χ3v) is 4.02. The van der Waals surface area contributed by atoms with Crippen molar-refractivity contribution in [1.82, 2.24) is 9.88 Å². The van der Waals surface area contributed by atoms with E-state index in [1.807, 2.05) is 28.8 Å². The van der Waals surface area contributed by atoms with Crippen molar-refractivity contribution in [3.05, 3.63) is 46.8 Å². The topological polar surface area (TPSA) is 34.0 Å². The highest BCUT2D eigenvalue weighted by atomic mass is 16.1. The molecular weight excluding hydrogens is 236 g/mol. The van der Waals surface area contributed by atoms with E-state index in [1.165, 1.54) is 25.7 Å². The van der Waals surface area contributed by atoms with E-state index < -0.39 is 0 Å². The third-order valence-electron chi connectivity index (χ3n) is 4.02. The molecule has 1 heterocycles. The van der Waals surface area contributed by atoms with Gasteiger partial charge in [-0.25, -0.2) is 0 Å². The van der Waals surface area contributed by atoms with Gasteiger partial charge in [0, 0.05) is 25.2 Å². The van der Waals surface area contributed by atoms with Crippen molar-refractivity contribution >= 4 is 10.9 Å². The van der Waals surface area contributed by atoms with E-state index in [4.69, 9.17) is 0 Å². The molecule has 0 saturated heterocycles. The van der Waals surface area contributed by atoms with Gasteiger partial charge < -0.3 is 9.88 Å². The normalized spacial score (nSPS) is 16.2. The van der Waals surface area contributed by atoms with Crippen LogP contribution in [0.5, 0.6) is 0 Å². The number of nitrogens with one attached hydrogen (secondary N) is 1. The SMILES string of the molecule is O=c1ccc2ccccc2n1CCNC1CCCC1. The third kappa shape index (κ3) is 2.71. The lowest BCUT2D eigenvalue weighted by Crippen LogP contribution is -2.32. The van der Waals surface area contributed by atoms with Gasteiger partial charge in [0.1, 0.15) is 0 Å². The van der Waals surface area contributed by atoms with E-state index >= 15 is 0 Å². The zero-order valence-electron chi connectivity index (χ0n) is 11.1. The molecule has 1 aromatic heterocycles. The van der Waals surface area contributed by atoms with Crippen LogP contribution in [0.1, 0.15) is 25.7 Å². The van der Waals surface area contributed by atoms with Gasteiger partial charge in [0.15, 0.2) is 0 Å². The number of hydrogen-bond acceptors (Lipinski definition) is 2. The van der Waals surface area contributed by atoms with Crippen LogP contribution in [0, 0.1) is 0 Å². The van der Waals surface area contributed by atoms with Crippen LogP contribution in [-0.2, 0) is 6.54 Å². The number of hydrogen-bond donors (Lipinski definition) is 1. The Morgan fingerprint density at radius 3 is 2.74 bits per heavy atom. The van der Waals surface area contributed by atoms with Gasteiger partial charge in [-0.1, -0.05) is 31.0 Å². The monoisotopic (exact) mass is 256 g/mol. The highest BCUT2D eigenvalue weighted by Gasteiger charge is 2.13. The number of pyridine rings is 1. The van der Waals surface area contributed by atoms with E-state index in [9.17, 15) is 4.79 Å². The summed E-state index contributed by atoms with van der Waals surface area (Å²) < 4.78 is 1.87. The number of para-hydroxylation sites is 1. The van der Waals surface area contributed by atoms with E-state index in [1.54, 1.807) is 6.07 Å². The minimum absolute atomic E-state index is 0.0897. The fourth-order valence-electron chi connectivity index (χ4n) is 2.99. The van der Waals surface area contributed by atoms with E-state index in [0.29, 0.717) is 6.04 Å². The molecule has 2 aromatic rings. The lowest BCUT2D eigenvalue weighted by atomic mass is 10.2. The van der Waals surface area contributed by atoms with E-state index in [2.05, 4.69) is 11.4 Å². The van der Waals surface area contributed by atoms with Crippen LogP contribution in [0.25, 0.3) is 10.9 Å². The number of fused-ring (bicyclic) bond motifs is 1. The summed E-state index contributed by atoms with van der Waals surface area (Å²) in [6.07, 6.45) is 5.24. The van der Waals surface area contributed by atoms with Gasteiger partial charge in [-0.3, -0.25) is 4.79 Å². The Balaban J connectivity index is 1.76. The second-order valence-electron chi connectivity index (χ2n) is 5.32. The smallest absolute Gasteiger partial charge is 0.251 e. The fraction of sp³-hybridized carbons (Fsp3) is 0.438. The highest BCUT2D eigenvalue weighted by molar-refractivity contribution is 5.78.